The van der Waals surface area contributed by atoms with Crippen molar-refractivity contribution >= 4 is 19.8 Å². The van der Waals surface area contributed by atoms with Crippen molar-refractivity contribution < 1.29 is 37.9 Å². The molecule has 0 aliphatic heterocycles. The molecule has 1 atom stereocenters. The Morgan fingerprint density at radius 1 is 0.500 bits per heavy atom. The van der Waals surface area contributed by atoms with Gasteiger partial charge in [0.15, 0.2) is 6.10 Å². The summed E-state index contributed by atoms with van der Waals surface area (Å²) >= 11 is 0. The molecule has 0 rings (SSSR count). The summed E-state index contributed by atoms with van der Waals surface area (Å²) in [7, 11) is -4.76. The number of phosphoric ester groups is 1. The van der Waals surface area contributed by atoms with E-state index in [1.54, 1.807) is 0 Å². The lowest BCUT2D eigenvalue weighted by molar-refractivity contribution is -0.161. The Bertz CT molecular complexity index is 1060. The van der Waals surface area contributed by atoms with E-state index in [0.717, 1.165) is 64.2 Å². The van der Waals surface area contributed by atoms with Crippen LogP contribution in [0.4, 0.5) is 0 Å². The summed E-state index contributed by atoms with van der Waals surface area (Å²) in [5.74, 6) is -0.923. The molecule has 0 aliphatic rings. The van der Waals surface area contributed by atoms with Gasteiger partial charge in [0, 0.05) is 12.8 Å². The van der Waals surface area contributed by atoms with Crippen molar-refractivity contribution in [2.45, 2.75) is 200 Å². The van der Waals surface area contributed by atoms with Crippen molar-refractivity contribution in [3.05, 3.63) is 60.8 Å². The topological polar surface area (TPSA) is 119 Å². The number of ether oxygens (including phenoxy) is 2. The largest absolute Gasteiger partial charge is 0.469 e. The third-order valence-corrected chi connectivity index (χ3v) is 9.51. The van der Waals surface area contributed by atoms with Crippen LogP contribution in [0.3, 0.4) is 0 Å². The van der Waals surface area contributed by atoms with E-state index in [1.165, 1.54) is 89.9 Å². The SMILES string of the molecule is CC/C=C\C/C=C\C/C=C\CCCCCC(=O)OC(COC(=O)CCCCCCCCCCCCC/C=C\C/C=C\CCCCCCC)COP(=O)(O)O. The third-order valence-electron chi connectivity index (χ3n) is 9.02. The van der Waals surface area contributed by atoms with Crippen molar-refractivity contribution in [1.29, 1.82) is 0 Å². The summed E-state index contributed by atoms with van der Waals surface area (Å²) in [6.45, 7) is 3.53. The van der Waals surface area contributed by atoms with Crippen LogP contribution in [-0.2, 0) is 28.2 Å². The summed E-state index contributed by atoms with van der Waals surface area (Å²) in [5, 5.41) is 0. The predicted molar refractivity (Wildman–Crippen MR) is 225 cm³/mol. The second-order valence-corrected chi connectivity index (χ2v) is 15.5. The van der Waals surface area contributed by atoms with Gasteiger partial charge in [0.1, 0.15) is 6.61 Å². The summed E-state index contributed by atoms with van der Waals surface area (Å²) < 4.78 is 26.3. The number of hydrogen-bond acceptors (Lipinski definition) is 6. The van der Waals surface area contributed by atoms with Crippen LogP contribution in [0.15, 0.2) is 60.8 Å². The molecule has 0 amide bonds. The molecular weight excluding hydrogens is 699 g/mol. The fraction of sp³-hybridized carbons (Fsp3) is 0.733. The molecule has 1 unspecified atom stereocenters. The van der Waals surface area contributed by atoms with Crippen molar-refractivity contribution in [3.8, 4) is 0 Å². The highest BCUT2D eigenvalue weighted by molar-refractivity contribution is 7.46. The first kappa shape index (κ1) is 51.8. The van der Waals surface area contributed by atoms with Crippen molar-refractivity contribution in [2.24, 2.45) is 0 Å². The van der Waals surface area contributed by atoms with E-state index < -0.39 is 32.5 Å². The molecule has 2 N–H and O–H groups in total. The van der Waals surface area contributed by atoms with Crippen LogP contribution in [0.5, 0.6) is 0 Å². The van der Waals surface area contributed by atoms with Crippen LogP contribution >= 0.6 is 7.82 Å². The quantitative estimate of drug-likeness (QED) is 0.0274. The molecule has 312 valence electrons. The van der Waals surface area contributed by atoms with Gasteiger partial charge in [0.05, 0.1) is 6.61 Å². The summed E-state index contributed by atoms with van der Waals surface area (Å²) in [5.41, 5.74) is 0. The minimum Gasteiger partial charge on any atom is -0.462 e. The van der Waals surface area contributed by atoms with E-state index in [-0.39, 0.29) is 19.4 Å². The molecule has 0 aromatic heterocycles. The fourth-order valence-corrected chi connectivity index (χ4v) is 6.19. The molecule has 8 nitrogen and oxygen atoms in total. The first-order valence-corrected chi connectivity index (χ1v) is 23.1. The van der Waals surface area contributed by atoms with Gasteiger partial charge in [-0.25, -0.2) is 4.57 Å². The molecule has 0 spiro atoms. The Hall–Kier alpha value is -2.25. The molecular formula is C45H79O8P. The Morgan fingerprint density at radius 3 is 1.35 bits per heavy atom. The summed E-state index contributed by atoms with van der Waals surface area (Å²) in [4.78, 5) is 42.8. The maximum atomic E-state index is 12.4. The van der Waals surface area contributed by atoms with E-state index in [0.29, 0.717) is 12.8 Å². The molecule has 0 bridgehead atoms. The Morgan fingerprint density at radius 2 is 0.889 bits per heavy atom. The maximum Gasteiger partial charge on any atom is 0.469 e. The first-order chi connectivity index (χ1) is 26.3. The van der Waals surface area contributed by atoms with Gasteiger partial charge < -0.3 is 19.3 Å². The summed E-state index contributed by atoms with van der Waals surface area (Å²) in [6, 6.07) is 0. The lowest BCUT2D eigenvalue weighted by atomic mass is 10.0. The molecule has 0 fully saturated rings. The lowest BCUT2D eigenvalue weighted by Gasteiger charge is -2.18. The molecule has 9 heteroatoms. The highest BCUT2D eigenvalue weighted by Crippen LogP contribution is 2.36. The Labute approximate surface area is 330 Å². The molecule has 0 aromatic carbocycles. The van der Waals surface area contributed by atoms with Crippen LogP contribution in [0.2, 0.25) is 0 Å². The molecule has 0 aromatic rings. The number of rotatable bonds is 39. The number of allylic oxidation sites excluding steroid dienone is 10. The number of hydrogen-bond donors (Lipinski definition) is 2. The van der Waals surface area contributed by atoms with Gasteiger partial charge >= 0.3 is 19.8 Å². The van der Waals surface area contributed by atoms with Crippen molar-refractivity contribution in [2.75, 3.05) is 13.2 Å². The van der Waals surface area contributed by atoms with Crippen LogP contribution in [0, 0.1) is 0 Å². The normalized spacial score (nSPS) is 13.0. The minimum absolute atomic E-state index is 0.174. The van der Waals surface area contributed by atoms with E-state index in [2.05, 4.69) is 79.1 Å². The molecule has 0 aliphatic carbocycles. The average molecular weight is 779 g/mol. The van der Waals surface area contributed by atoms with Gasteiger partial charge in [-0.05, 0) is 77.0 Å². The van der Waals surface area contributed by atoms with Gasteiger partial charge in [-0.1, -0.05) is 164 Å². The zero-order valence-corrected chi connectivity index (χ0v) is 35.2. The fourth-order valence-electron chi connectivity index (χ4n) is 5.83. The highest BCUT2D eigenvalue weighted by Gasteiger charge is 2.22. The lowest BCUT2D eigenvalue weighted by Crippen LogP contribution is -2.29. The molecule has 0 radical (unpaired) electrons. The smallest absolute Gasteiger partial charge is 0.462 e. The second-order valence-electron chi connectivity index (χ2n) is 14.3. The first-order valence-electron chi connectivity index (χ1n) is 21.6. The number of esters is 2. The van der Waals surface area contributed by atoms with E-state index in [4.69, 9.17) is 19.3 Å². The second kappa shape index (κ2) is 40.4. The van der Waals surface area contributed by atoms with Gasteiger partial charge in [-0.15, -0.1) is 0 Å². The average Bonchev–Trinajstić information content (AvgIpc) is 3.14. The summed E-state index contributed by atoms with van der Waals surface area (Å²) in [6.07, 6.45) is 51.0. The molecule has 0 saturated carbocycles. The maximum absolute atomic E-state index is 12.4. The van der Waals surface area contributed by atoms with E-state index >= 15 is 0 Å². The van der Waals surface area contributed by atoms with Crippen LogP contribution in [0.25, 0.3) is 0 Å². The van der Waals surface area contributed by atoms with E-state index in [1.807, 2.05) is 0 Å². The number of carbonyl (C=O) groups is 2. The van der Waals surface area contributed by atoms with Crippen molar-refractivity contribution in [1.82, 2.24) is 0 Å². The zero-order chi connectivity index (χ0) is 39.6. The number of unbranched alkanes of at least 4 members (excludes halogenated alkanes) is 19. The van der Waals surface area contributed by atoms with Crippen LogP contribution in [-0.4, -0.2) is 41.0 Å². The van der Waals surface area contributed by atoms with Crippen molar-refractivity contribution in [3.63, 3.8) is 0 Å². The molecule has 0 saturated heterocycles. The number of phosphoric acid groups is 1. The minimum atomic E-state index is -4.76. The van der Waals surface area contributed by atoms with Gasteiger partial charge in [0.2, 0.25) is 0 Å². The number of carbonyl (C=O) groups excluding carboxylic acids is 2. The van der Waals surface area contributed by atoms with E-state index in [9.17, 15) is 14.2 Å². The highest BCUT2D eigenvalue weighted by atomic mass is 31.2. The van der Waals surface area contributed by atoms with Gasteiger partial charge in [-0.2, -0.15) is 0 Å². The Kier molecular flexibility index (Phi) is 38.7. The predicted octanol–water partition coefficient (Wildman–Crippen LogP) is 13.3. The van der Waals surface area contributed by atoms with Gasteiger partial charge in [-0.3, -0.25) is 14.1 Å². The zero-order valence-electron chi connectivity index (χ0n) is 34.4. The Balaban J connectivity index is 3.88. The third kappa shape index (κ3) is 42.5. The van der Waals surface area contributed by atoms with Crippen LogP contribution < -0.4 is 0 Å². The van der Waals surface area contributed by atoms with Crippen LogP contribution in [0.1, 0.15) is 194 Å². The molecule has 0 heterocycles. The molecule has 54 heavy (non-hydrogen) atoms. The van der Waals surface area contributed by atoms with Gasteiger partial charge in [0.25, 0.3) is 0 Å². The standard InChI is InChI=1S/C45H79O8P/c1-3-5-7-9-11-13-15-17-18-19-20-21-22-23-24-25-26-28-29-31-33-35-37-39-44(46)51-41-43(42-52-54(48,49)50)53-45(47)40-38-36-34-32-30-27-16-14-12-10-8-6-4-2/h6,8,12,14-15,17,19-20,27,30,43H,3-5,7,9-11,13,16,18,21-26,28-29,31-42H2,1-2H3,(H2,48,49,50)/b8-6-,14-12-,17-15-,20-19-,30-27-. The monoisotopic (exact) mass is 779 g/mol.